The van der Waals surface area contributed by atoms with E-state index < -0.39 is 0 Å². The molecule has 0 unspecified atom stereocenters. The highest BCUT2D eigenvalue weighted by atomic mass is 16.3. The number of anilines is 1. The summed E-state index contributed by atoms with van der Waals surface area (Å²) in [7, 11) is 2.14. The van der Waals surface area contributed by atoms with Crippen molar-refractivity contribution in [2.75, 3.05) is 18.9 Å². The van der Waals surface area contributed by atoms with Crippen molar-refractivity contribution >= 4 is 5.69 Å². The third kappa shape index (κ3) is 2.27. The molecule has 1 aliphatic heterocycles. The summed E-state index contributed by atoms with van der Waals surface area (Å²) in [6, 6.07) is 8.61. The van der Waals surface area contributed by atoms with Crippen LogP contribution in [0.2, 0.25) is 0 Å². The van der Waals surface area contributed by atoms with Crippen LogP contribution in [0.4, 0.5) is 5.69 Å². The molecule has 3 nitrogen and oxygen atoms in total. The van der Waals surface area contributed by atoms with Gasteiger partial charge in [-0.05, 0) is 30.7 Å². The largest absolute Gasteiger partial charge is 0.472 e. The topological polar surface area (TPSA) is 28.4 Å². The van der Waals surface area contributed by atoms with Gasteiger partial charge in [-0.25, -0.2) is 0 Å². The molecule has 2 heterocycles. The maximum Gasteiger partial charge on any atom is 0.0947 e. The van der Waals surface area contributed by atoms with Crippen LogP contribution in [0.15, 0.2) is 41.2 Å². The second-order valence-corrected chi connectivity index (χ2v) is 4.93. The van der Waals surface area contributed by atoms with Gasteiger partial charge >= 0.3 is 0 Å². The van der Waals surface area contributed by atoms with Gasteiger partial charge in [-0.2, -0.15) is 0 Å². The molecule has 1 aliphatic rings. The third-order valence-electron chi connectivity index (χ3n) is 3.41. The lowest BCUT2D eigenvalue weighted by atomic mass is 10.1. The second kappa shape index (κ2) is 4.86. The maximum absolute atomic E-state index is 5.10. The quantitative estimate of drug-likeness (QED) is 0.893. The van der Waals surface area contributed by atoms with Gasteiger partial charge < -0.3 is 9.73 Å². The van der Waals surface area contributed by atoms with Crippen molar-refractivity contribution in [3.8, 4) is 0 Å². The first-order valence-electron chi connectivity index (χ1n) is 6.37. The minimum absolute atomic E-state index is 0.917. The number of hydrogen-bond donors (Lipinski definition) is 1. The van der Waals surface area contributed by atoms with Gasteiger partial charge in [-0.15, -0.1) is 0 Å². The van der Waals surface area contributed by atoms with Gasteiger partial charge in [-0.1, -0.05) is 18.2 Å². The molecule has 18 heavy (non-hydrogen) atoms. The Kier molecular flexibility index (Phi) is 3.07. The predicted octanol–water partition coefficient (Wildman–Crippen LogP) is 2.88. The van der Waals surface area contributed by atoms with E-state index in [9.17, 15) is 0 Å². The molecule has 0 saturated carbocycles. The van der Waals surface area contributed by atoms with Gasteiger partial charge in [0.1, 0.15) is 0 Å². The molecule has 1 aromatic carbocycles. The summed E-state index contributed by atoms with van der Waals surface area (Å²) in [5, 5.41) is 3.49. The monoisotopic (exact) mass is 242 g/mol. The Bertz CT molecular complexity index is 519. The molecule has 3 heteroatoms. The molecule has 0 atom stereocenters. The van der Waals surface area contributed by atoms with Crippen LogP contribution in [0.3, 0.4) is 0 Å². The lowest BCUT2D eigenvalue weighted by molar-refractivity contribution is 0.318. The first kappa shape index (κ1) is 11.4. The maximum atomic E-state index is 5.10. The van der Waals surface area contributed by atoms with Gasteiger partial charge in [0.2, 0.25) is 0 Å². The van der Waals surface area contributed by atoms with Gasteiger partial charge in [0, 0.05) is 30.9 Å². The summed E-state index contributed by atoms with van der Waals surface area (Å²) < 4.78 is 5.10. The molecule has 0 radical (unpaired) electrons. The van der Waals surface area contributed by atoms with E-state index in [1.165, 1.54) is 22.4 Å². The molecular weight excluding hydrogens is 224 g/mol. The van der Waals surface area contributed by atoms with Gasteiger partial charge in [0.25, 0.3) is 0 Å². The second-order valence-electron chi connectivity index (χ2n) is 4.93. The Morgan fingerprint density at radius 2 is 2.22 bits per heavy atom. The number of para-hydroxylation sites is 1. The summed E-state index contributed by atoms with van der Waals surface area (Å²) in [5.41, 5.74) is 5.40. The van der Waals surface area contributed by atoms with E-state index in [0.29, 0.717) is 0 Å². The molecule has 0 amide bonds. The van der Waals surface area contributed by atoms with Crippen LogP contribution in [0.1, 0.15) is 16.7 Å². The molecule has 0 aliphatic carbocycles. The summed E-state index contributed by atoms with van der Waals surface area (Å²) >= 11 is 0. The lowest BCUT2D eigenvalue weighted by Crippen LogP contribution is -2.17. The molecular formula is C15H18N2O. The van der Waals surface area contributed by atoms with E-state index in [2.05, 4.69) is 35.5 Å². The Balaban J connectivity index is 1.71. The highest BCUT2D eigenvalue weighted by Crippen LogP contribution is 2.27. The Morgan fingerprint density at radius 3 is 3.06 bits per heavy atom. The van der Waals surface area contributed by atoms with E-state index in [-0.39, 0.29) is 0 Å². The van der Waals surface area contributed by atoms with Crippen molar-refractivity contribution in [3.05, 3.63) is 53.5 Å². The first-order valence-corrected chi connectivity index (χ1v) is 6.37. The molecule has 94 valence electrons. The Hall–Kier alpha value is -1.74. The number of rotatable bonds is 4. The highest BCUT2D eigenvalue weighted by molar-refractivity contribution is 5.61. The summed E-state index contributed by atoms with van der Waals surface area (Å²) in [5.74, 6) is 0. The molecule has 0 bridgehead atoms. The van der Waals surface area contributed by atoms with Crippen molar-refractivity contribution in [1.82, 2.24) is 4.90 Å². The normalized spacial score (nSPS) is 13.7. The molecule has 3 rings (SSSR count). The van der Waals surface area contributed by atoms with E-state index in [4.69, 9.17) is 4.42 Å². The molecule has 1 N–H and O–H groups in total. The fourth-order valence-electron chi connectivity index (χ4n) is 2.58. The van der Waals surface area contributed by atoms with Crippen LogP contribution in [-0.4, -0.2) is 18.5 Å². The minimum Gasteiger partial charge on any atom is -0.472 e. The van der Waals surface area contributed by atoms with Crippen molar-refractivity contribution in [2.24, 2.45) is 0 Å². The zero-order valence-electron chi connectivity index (χ0n) is 10.6. The van der Waals surface area contributed by atoms with Crippen LogP contribution >= 0.6 is 0 Å². The Labute approximate surface area is 107 Å². The zero-order valence-corrected chi connectivity index (χ0v) is 10.6. The van der Waals surface area contributed by atoms with Crippen LogP contribution in [-0.2, 0) is 19.5 Å². The first-order chi connectivity index (χ1) is 8.83. The number of benzene rings is 1. The summed E-state index contributed by atoms with van der Waals surface area (Å²) in [6.45, 7) is 2.94. The average Bonchev–Trinajstić information content (AvgIpc) is 2.99. The van der Waals surface area contributed by atoms with E-state index in [0.717, 1.165) is 26.1 Å². The average molecular weight is 242 g/mol. The SMILES string of the molecule is CN(Cc1ccoc1)Cc1cccc2c1NCC2. The van der Waals surface area contributed by atoms with Crippen LogP contribution < -0.4 is 5.32 Å². The van der Waals surface area contributed by atoms with E-state index in [1.807, 2.05) is 12.3 Å². The fraction of sp³-hybridized carbons (Fsp3) is 0.333. The predicted molar refractivity (Wildman–Crippen MR) is 72.5 cm³/mol. The highest BCUT2D eigenvalue weighted by Gasteiger charge is 2.14. The number of furan rings is 1. The summed E-state index contributed by atoms with van der Waals surface area (Å²) in [4.78, 5) is 2.31. The Morgan fingerprint density at radius 1 is 1.28 bits per heavy atom. The van der Waals surface area contributed by atoms with Crippen molar-refractivity contribution < 1.29 is 4.42 Å². The number of hydrogen-bond acceptors (Lipinski definition) is 3. The number of nitrogens with zero attached hydrogens (tertiary/aromatic N) is 1. The molecule has 0 spiro atoms. The van der Waals surface area contributed by atoms with Gasteiger partial charge in [0.15, 0.2) is 0 Å². The zero-order chi connectivity index (χ0) is 12.4. The van der Waals surface area contributed by atoms with Crippen LogP contribution in [0.25, 0.3) is 0 Å². The fourth-order valence-corrected chi connectivity index (χ4v) is 2.58. The van der Waals surface area contributed by atoms with Crippen LogP contribution in [0, 0.1) is 0 Å². The van der Waals surface area contributed by atoms with Gasteiger partial charge in [-0.3, -0.25) is 4.90 Å². The number of nitrogens with one attached hydrogen (secondary N) is 1. The molecule has 0 saturated heterocycles. The minimum atomic E-state index is 0.917. The van der Waals surface area contributed by atoms with Crippen LogP contribution in [0.5, 0.6) is 0 Å². The summed E-state index contributed by atoms with van der Waals surface area (Å²) in [6.07, 6.45) is 4.68. The van der Waals surface area contributed by atoms with Gasteiger partial charge in [0.05, 0.1) is 12.5 Å². The van der Waals surface area contributed by atoms with E-state index >= 15 is 0 Å². The van der Waals surface area contributed by atoms with Crippen molar-refractivity contribution in [2.45, 2.75) is 19.5 Å². The molecule has 0 fully saturated rings. The molecule has 1 aromatic heterocycles. The molecule has 2 aromatic rings. The van der Waals surface area contributed by atoms with Crippen molar-refractivity contribution in [3.63, 3.8) is 0 Å². The van der Waals surface area contributed by atoms with E-state index in [1.54, 1.807) is 6.26 Å². The standard InChI is InChI=1S/C15H18N2O/c1-17(9-12-6-8-18-11-12)10-14-4-2-3-13-5-7-16-15(13)14/h2-4,6,8,11,16H,5,7,9-10H2,1H3. The third-order valence-corrected chi connectivity index (χ3v) is 3.41. The number of fused-ring (bicyclic) bond motifs is 1. The smallest absolute Gasteiger partial charge is 0.0947 e. The van der Waals surface area contributed by atoms with Crippen molar-refractivity contribution in [1.29, 1.82) is 0 Å². The lowest BCUT2D eigenvalue weighted by Gasteiger charge is -2.18.